The average Bonchev–Trinajstić information content (AvgIpc) is 2.23. The number of allylic oxidation sites excluding steroid dienone is 1. The summed E-state index contributed by atoms with van der Waals surface area (Å²) in [7, 11) is 0. The molecule has 14 heavy (non-hydrogen) atoms. The highest BCUT2D eigenvalue weighted by Crippen LogP contribution is 2.24. The Morgan fingerprint density at radius 3 is 2.64 bits per heavy atom. The van der Waals surface area contributed by atoms with E-state index in [2.05, 4.69) is 11.1 Å². The minimum atomic E-state index is 0.805. The highest BCUT2D eigenvalue weighted by atomic mass is 32.2. The molecule has 0 bridgehead atoms. The molecule has 1 aliphatic rings. The first kappa shape index (κ1) is 9.34. The number of aliphatic imine (C=N–C) groups is 1. The molecule has 2 nitrogen and oxygen atoms in total. The lowest BCUT2D eigenvalue weighted by Crippen LogP contribution is -1.94. The van der Waals surface area contributed by atoms with Crippen LogP contribution in [0.25, 0.3) is 0 Å². The van der Waals surface area contributed by atoms with Crippen molar-refractivity contribution in [2.24, 2.45) is 4.99 Å². The number of rotatable bonds is 1. The average molecular weight is 204 g/mol. The molecule has 0 saturated carbocycles. The summed E-state index contributed by atoms with van der Waals surface area (Å²) in [5, 5.41) is 1.18. The molecule has 0 unspecified atom stereocenters. The fourth-order valence-electron chi connectivity index (χ4n) is 1.23. The predicted octanol–water partition coefficient (Wildman–Crippen LogP) is 3.07. The second kappa shape index (κ2) is 4.33. The monoisotopic (exact) mass is 204 g/mol. The van der Waals surface area contributed by atoms with Crippen molar-refractivity contribution in [3.63, 3.8) is 0 Å². The first-order valence-electron chi connectivity index (χ1n) is 4.60. The molecule has 2 rings (SSSR count). The maximum absolute atomic E-state index is 5.61. The minimum Gasteiger partial charge on any atom is -0.399 e. The van der Waals surface area contributed by atoms with Crippen molar-refractivity contribution in [2.75, 3.05) is 5.73 Å². The molecule has 1 aromatic rings. The van der Waals surface area contributed by atoms with Crippen molar-refractivity contribution in [3.05, 3.63) is 36.5 Å². The van der Waals surface area contributed by atoms with Crippen LogP contribution < -0.4 is 5.73 Å². The van der Waals surface area contributed by atoms with Gasteiger partial charge in [-0.2, -0.15) is 0 Å². The number of anilines is 1. The van der Waals surface area contributed by atoms with Crippen LogP contribution in [0.5, 0.6) is 0 Å². The first-order chi connectivity index (χ1) is 6.84. The molecular weight excluding hydrogens is 192 g/mol. The summed E-state index contributed by atoms with van der Waals surface area (Å²) >= 11 is 1.72. The van der Waals surface area contributed by atoms with Crippen LogP contribution in [0.1, 0.15) is 12.8 Å². The maximum atomic E-state index is 5.61. The van der Waals surface area contributed by atoms with E-state index in [4.69, 9.17) is 5.73 Å². The summed E-state index contributed by atoms with van der Waals surface area (Å²) in [5.74, 6) is 0. The Kier molecular flexibility index (Phi) is 2.89. The van der Waals surface area contributed by atoms with E-state index in [9.17, 15) is 0 Å². The van der Waals surface area contributed by atoms with Crippen LogP contribution in [0.15, 0.2) is 46.4 Å². The zero-order chi connectivity index (χ0) is 9.80. The van der Waals surface area contributed by atoms with E-state index in [1.807, 2.05) is 30.5 Å². The lowest BCUT2D eigenvalue weighted by molar-refractivity contribution is 1.08. The zero-order valence-electron chi connectivity index (χ0n) is 7.81. The molecule has 0 radical (unpaired) electrons. The molecule has 72 valence electrons. The quantitative estimate of drug-likeness (QED) is 0.714. The van der Waals surface area contributed by atoms with Crippen molar-refractivity contribution >= 4 is 22.5 Å². The topological polar surface area (TPSA) is 38.4 Å². The SMILES string of the molecule is Nc1ccc(SC2=NC=CCC2)cc1. The predicted molar refractivity (Wildman–Crippen MR) is 62.5 cm³/mol. The second-order valence-electron chi connectivity index (χ2n) is 3.12. The standard InChI is InChI=1S/C11H12N2S/c12-9-4-6-10(7-5-9)14-11-3-1-2-8-13-11/h2,4-8H,1,3,12H2. The summed E-state index contributed by atoms with van der Waals surface area (Å²) in [6.07, 6.45) is 6.11. The Labute approximate surface area is 87.9 Å². The van der Waals surface area contributed by atoms with Gasteiger partial charge in [0.15, 0.2) is 0 Å². The zero-order valence-corrected chi connectivity index (χ0v) is 8.63. The van der Waals surface area contributed by atoms with E-state index in [1.54, 1.807) is 11.8 Å². The van der Waals surface area contributed by atoms with Gasteiger partial charge in [-0.15, -0.1) is 0 Å². The van der Waals surface area contributed by atoms with Crippen LogP contribution in [-0.4, -0.2) is 5.04 Å². The van der Waals surface area contributed by atoms with Gasteiger partial charge in [-0.1, -0.05) is 17.8 Å². The molecule has 2 N–H and O–H groups in total. The number of thioether (sulfide) groups is 1. The van der Waals surface area contributed by atoms with Crippen LogP contribution in [0.4, 0.5) is 5.69 Å². The normalized spacial score (nSPS) is 15.3. The highest BCUT2D eigenvalue weighted by molar-refractivity contribution is 8.14. The first-order valence-corrected chi connectivity index (χ1v) is 5.41. The van der Waals surface area contributed by atoms with Crippen molar-refractivity contribution in [2.45, 2.75) is 17.7 Å². The lowest BCUT2D eigenvalue weighted by Gasteiger charge is -2.06. The van der Waals surface area contributed by atoms with Gasteiger partial charge < -0.3 is 5.73 Å². The number of nitrogen functional groups attached to an aromatic ring is 1. The van der Waals surface area contributed by atoms with Gasteiger partial charge in [0.2, 0.25) is 0 Å². The van der Waals surface area contributed by atoms with Crippen LogP contribution in [0.3, 0.4) is 0 Å². The van der Waals surface area contributed by atoms with Crippen molar-refractivity contribution in [3.8, 4) is 0 Å². The third kappa shape index (κ3) is 2.39. The van der Waals surface area contributed by atoms with Gasteiger partial charge in [0.25, 0.3) is 0 Å². The minimum absolute atomic E-state index is 0.805. The number of nitrogens with two attached hydrogens (primary N) is 1. The molecule has 0 aliphatic carbocycles. The molecule has 0 saturated heterocycles. The second-order valence-corrected chi connectivity index (χ2v) is 4.26. The molecule has 0 atom stereocenters. The molecule has 1 aromatic carbocycles. The number of nitrogens with zero attached hydrogens (tertiary/aromatic N) is 1. The van der Waals surface area contributed by atoms with Gasteiger partial charge in [0, 0.05) is 16.8 Å². The van der Waals surface area contributed by atoms with Crippen LogP contribution in [0.2, 0.25) is 0 Å². The fourth-order valence-corrected chi connectivity index (χ4v) is 2.11. The Morgan fingerprint density at radius 2 is 2.00 bits per heavy atom. The van der Waals surface area contributed by atoms with Gasteiger partial charge in [0.05, 0.1) is 5.04 Å². The van der Waals surface area contributed by atoms with Gasteiger partial charge in [0.1, 0.15) is 0 Å². The Bertz CT molecular complexity index is 365. The number of benzene rings is 1. The molecular formula is C11H12N2S. The number of hydrogen-bond acceptors (Lipinski definition) is 3. The van der Waals surface area contributed by atoms with Gasteiger partial charge in [-0.3, -0.25) is 4.99 Å². The van der Waals surface area contributed by atoms with Crippen LogP contribution in [0, 0.1) is 0 Å². The Hall–Kier alpha value is -1.22. The van der Waals surface area contributed by atoms with Crippen molar-refractivity contribution in [1.82, 2.24) is 0 Å². The van der Waals surface area contributed by atoms with Crippen LogP contribution in [-0.2, 0) is 0 Å². The fraction of sp³-hybridized carbons (Fsp3) is 0.182. The molecule has 1 aliphatic heterocycles. The van der Waals surface area contributed by atoms with Crippen LogP contribution >= 0.6 is 11.8 Å². The maximum Gasteiger partial charge on any atom is 0.0781 e. The summed E-state index contributed by atoms with van der Waals surface area (Å²) in [5.41, 5.74) is 6.41. The van der Waals surface area contributed by atoms with Crippen molar-refractivity contribution < 1.29 is 0 Å². The Morgan fingerprint density at radius 1 is 1.21 bits per heavy atom. The van der Waals surface area contributed by atoms with Gasteiger partial charge in [-0.05, 0) is 37.1 Å². The van der Waals surface area contributed by atoms with E-state index in [1.165, 1.54) is 9.94 Å². The summed E-state index contributed by atoms with van der Waals surface area (Å²) in [4.78, 5) is 5.52. The van der Waals surface area contributed by atoms with Crippen molar-refractivity contribution in [1.29, 1.82) is 0 Å². The van der Waals surface area contributed by atoms with Gasteiger partial charge in [-0.25, -0.2) is 0 Å². The van der Waals surface area contributed by atoms with E-state index >= 15 is 0 Å². The molecule has 0 amide bonds. The van der Waals surface area contributed by atoms with E-state index in [0.717, 1.165) is 18.5 Å². The molecule has 0 fully saturated rings. The lowest BCUT2D eigenvalue weighted by atomic mass is 10.3. The van der Waals surface area contributed by atoms with E-state index in [0.29, 0.717) is 0 Å². The molecule has 0 spiro atoms. The third-order valence-corrected chi connectivity index (χ3v) is 3.02. The summed E-state index contributed by atoms with van der Waals surface area (Å²) in [6.45, 7) is 0. The number of hydrogen-bond donors (Lipinski definition) is 1. The summed E-state index contributed by atoms with van der Waals surface area (Å²) in [6, 6.07) is 7.89. The largest absolute Gasteiger partial charge is 0.399 e. The van der Waals surface area contributed by atoms with Gasteiger partial charge >= 0.3 is 0 Å². The Balaban J connectivity index is 2.07. The molecule has 0 aromatic heterocycles. The smallest absolute Gasteiger partial charge is 0.0781 e. The summed E-state index contributed by atoms with van der Waals surface area (Å²) < 4.78 is 0. The van der Waals surface area contributed by atoms with E-state index < -0.39 is 0 Å². The highest BCUT2D eigenvalue weighted by Gasteiger charge is 2.03. The third-order valence-electron chi connectivity index (χ3n) is 1.96. The van der Waals surface area contributed by atoms with E-state index in [-0.39, 0.29) is 0 Å². The molecule has 1 heterocycles. The molecule has 3 heteroatoms.